The lowest BCUT2D eigenvalue weighted by Crippen LogP contribution is -2.34. The van der Waals surface area contributed by atoms with Gasteiger partial charge in [0.1, 0.15) is 6.17 Å². The zero-order valence-corrected chi connectivity index (χ0v) is 23.3. The number of aryl methyl sites for hydroxylation is 1. The highest BCUT2D eigenvalue weighted by atomic mass is 19.1. The van der Waals surface area contributed by atoms with Gasteiger partial charge in [0, 0.05) is 55.6 Å². The van der Waals surface area contributed by atoms with Crippen LogP contribution in [0.25, 0.3) is 21.9 Å². The molecule has 0 unspecified atom stereocenters. The van der Waals surface area contributed by atoms with E-state index in [1.165, 1.54) is 6.08 Å². The maximum atomic E-state index is 13.7. The van der Waals surface area contributed by atoms with E-state index in [0.717, 1.165) is 60.0 Å². The van der Waals surface area contributed by atoms with E-state index >= 15 is 0 Å². The Morgan fingerprint density at radius 3 is 2.80 bits per heavy atom. The number of alkyl halides is 1. The van der Waals surface area contributed by atoms with Crippen molar-refractivity contribution < 1.29 is 14.0 Å². The molecule has 3 aromatic heterocycles. The molecule has 2 amide bonds. The average molecular weight is 559 g/mol. The summed E-state index contributed by atoms with van der Waals surface area (Å²) in [6, 6.07) is 7.27. The van der Waals surface area contributed by atoms with E-state index in [9.17, 15) is 14.0 Å². The minimum Gasteiger partial charge on any atom is -0.337 e. The third-order valence-corrected chi connectivity index (χ3v) is 8.20. The molecule has 1 N–H and O–H groups in total. The van der Waals surface area contributed by atoms with Crippen LogP contribution in [0, 0.1) is 6.92 Å². The lowest BCUT2D eigenvalue weighted by atomic mass is 10.1. The van der Waals surface area contributed by atoms with Crippen LogP contribution in [0.15, 0.2) is 49.3 Å². The first kappa shape index (κ1) is 27.1. The third-order valence-electron chi connectivity index (χ3n) is 8.20. The largest absolute Gasteiger partial charge is 0.337 e. The number of amides is 2. The first-order valence-electron chi connectivity index (χ1n) is 14.3. The van der Waals surface area contributed by atoms with Gasteiger partial charge in [-0.25, -0.2) is 9.37 Å². The summed E-state index contributed by atoms with van der Waals surface area (Å²) >= 11 is 0. The van der Waals surface area contributed by atoms with Gasteiger partial charge in [-0.1, -0.05) is 6.58 Å². The third kappa shape index (κ3) is 5.46. The Labute approximate surface area is 237 Å². The number of hydrogen-bond donors (Lipinski definition) is 1. The lowest BCUT2D eigenvalue weighted by Gasteiger charge is -2.26. The summed E-state index contributed by atoms with van der Waals surface area (Å²) in [7, 11) is 0. The molecule has 4 aromatic rings. The van der Waals surface area contributed by atoms with Crippen LogP contribution in [0.5, 0.6) is 0 Å². The molecule has 11 heteroatoms. The maximum Gasteiger partial charge on any atom is 0.258 e. The summed E-state index contributed by atoms with van der Waals surface area (Å²) in [4.78, 5) is 39.0. The number of nitrogens with zero attached hydrogens (tertiary/aromatic N) is 7. The van der Waals surface area contributed by atoms with Crippen LogP contribution in [0.2, 0.25) is 0 Å². The van der Waals surface area contributed by atoms with Gasteiger partial charge in [-0.15, -0.1) is 0 Å². The van der Waals surface area contributed by atoms with E-state index in [4.69, 9.17) is 10.1 Å². The molecule has 0 aliphatic carbocycles. The van der Waals surface area contributed by atoms with Crippen molar-refractivity contribution in [1.82, 2.24) is 34.1 Å². The molecule has 2 aliphatic rings. The van der Waals surface area contributed by atoms with E-state index in [1.807, 2.05) is 34.8 Å². The molecule has 0 radical (unpaired) electrons. The number of carbonyl (C=O) groups is 2. The fourth-order valence-corrected chi connectivity index (χ4v) is 6.11. The number of likely N-dealkylation sites (tertiary alicyclic amines) is 2. The summed E-state index contributed by atoms with van der Waals surface area (Å²) in [5, 5.41) is 8.67. The number of imidazole rings is 1. The predicted molar refractivity (Wildman–Crippen MR) is 156 cm³/mol. The zero-order chi connectivity index (χ0) is 28.5. The van der Waals surface area contributed by atoms with Crippen molar-refractivity contribution in [2.24, 2.45) is 0 Å². The van der Waals surface area contributed by atoms with Gasteiger partial charge in [0.25, 0.3) is 5.91 Å². The maximum absolute atomic E-state index is 13.7. The highest BCUT2D eigenvalue weighted by Gasteiger charge is 2.28. The van der Waals surface area contributed by atoms with Crippen molar-refractivity contribution in [3.05, 3.63) is 60.6 Å². The van der Waals surface area contributed by atoms with Crippen molar-refractivity contribution in [3.8, 4) is 0 Å². The number of anilines is 1. The number of benzene rings is 1. The highest BCUT2D eigenvalue weighted by molar-refractivity contribution is 6.07. The second kappa shape index (κ2) is 11.4. The molecule has 2 aliphatic heterocycles. The zero-order valence-electron chi connectivity index (χ0n) is 23.3. The summed E-state index contributed by atoms with van der Waals surface area (Å²) in [6.45, 7) is 9.28. The second-order valence-electron chi connectivity index (χ2n) is 11.0. The van der Waals surface area contributed by atoms with Gasteiger partial charge in [-0.3, -0.25) is 29.5 Å². The van der Waals surface area contributed by atoms with E-state index in [1.54, 1.807) is 18.3 Å². The van der Waals surface area contributed by atoms with Gasteiger partial charge in [0.2, 0.25) is 11.9 Å². The van der Waals surface area contributed by atoms with Crippen LogP contribution in [-0.2, 0) is 11.3 Å². The minimum absolute atomic E-state index is 0.102. The van der Waals surface area contributed by atoms with Crippen LogP contribution in [0.3, 0.4) is 0 Å². The molecule has 41 heavy (non-hydrogen) atoms. The molecule has 2 saturated heterocycles. The minimum atomic E-state index is -0.754. The molecule has 0 saturated carbocycles. The van der Waals surface area contributed by atoms with Crippen LogP contribution >= 0.6 is 0 Å². The van der Waals surface area contributed by atoms with Gasteiger partial charge < -0.3 is 9.47 Å². The number of nitrogens with one attached hydrogen (secondary N) is 1. The molecule has 6 rings (SSSR count). The topological polar surface area (TPSA) is 101 Å². The molecule has 0 spiro atoms. The Morgan fingerprint density at radius 1 is 1.15 bits per heavy atom. The van der Waals surface area contributed by atoms with Crippen LogP contribution < -0.4 is 5.32 Å². The monoisotopic (exact) mass is 558 g/mol. The number of aromatic nitrogens is 5. The van der Waals surface area contributed by atoms with Crippen molar-refractivity contribution in [2.75, 3.05) is 38.0 Å². The van der Waals surface area contributed by atoms with E-state index < -0.39 is 6.17 Å². The summed E-state index contributed by atoms with van der Waals surface area (Å²) in [5.41, 5.74) is 3.81. The molecule has 10 nitrogen and oxygen atoms in total. The van der Waals surface area contributed by atoms with Gasteiger partial charge in [0.15, 0.2) is 0 Å². The molecule has 5 heterocycles. The standard InChI is InChI=1S/C30H35FN8O2/c1-3-27(40)37-12-5-4-6-23(19-37)39-28-24-17-33-38(15-14-36-13-10-22(31)18-36)26(24)8-7-25(28)34-30(39)35-29(41)21-9-11-32-20(2)16-21/h3,7-9,11,16-17,22-23H,1,4-6,10,12-15,18-19H2,2H3,(H,34,35,41)/t22-,23-/m1/s1. The SMILES string of the molecule is C=CC(=O)N1CCCC[C@@H](n2c(NC(=O)c3ccnc(C)c3)nc3ccc4c(cnn4CCN4CC[C@@H](F)C4)c32)C1. The van der Waals surface area contributed by atoms with E-state index in [-0.39, 0.29) is 17.9 Å². The van der Waals surface area contributed by atoms with E-state index in [2.05, 4.69) is 26.3 Å². The molecule has 2 atom stereocenters. The second-order valence-corrected chi connectivity index (χ2v) is 11.0. The van der Waals surface area contributed by atoms with Gasteiger partial charge >= 0.3 is 0 Å². The average Bonchev–Trinajstić information content (AvgIpc) is 3.62. The Balaban J connectivity index is 1.41. The van der Waals surface area contributed by atoms with Gasteiger partial charge in [-0.05, 0) is 62.9 Å². The summed E-state index contributed by atoms with van der Waals surface area (Å²) in [6.07, 6.45) is 7.30. The van der Waals surface area contributed by atoms with Crippen molar-refractivity contribution in [3.63, 3.8) is 0 Å². The summed E-state index contributed by atoms with van der Waals surface area (Å²) in [5.74, 6) is 0.0571. The number of rotatable bonds is 7. The number of halogens is 1. The fraction of sp³-hybridized carbons (Fsp3) is 0.433. The summed E-state index contributed by atoms with van der Waals surface area (Å²) < 4.78 is 17.7. The molecule has 2 fully saturated rings. The Morgan fingerprint density at radius 2 is 2.02 bits per heavy atom. The van der Waals surface area contributed by atoms with Crippen molar-refractivity contribution in [1.29, 1.82) is 0 Å². The number of fused-ring (bicyclic) bond motifs is 3. The number of carbonyl (C=O) groups excluding carboxylic acids is 2. The van der Waals surface area contributed by atoms with Crippen molar-refractivity contribution in [2.45, 2.75) is 51.4 Å². The van der Waals surface area contributed by atoms with Gasteiger partial charge in [0.05, 0.1) is 35.3 Å². The normalized spacial score (nSPS) is 20.0. The lowest BCUT2D eigenvalue weighted by molar-refractivity contribution is -0.126. The quantitative estimate of drug-likeness (QED) is 0.343. The van der Waals surface area contributed by atoms with Gasteiger partial charge in [-0.2, -0.15) is 5.10 Å². The number of pyridine rings is 1. The van der Waals surface area contributed by atoms with Crippen LogP contribution in [0.1, 0.15) is 47.8 Å². The fourth-order valence-electron chi connectivity index (χ4n) is 6.11. The molecular formula is C30H35FN8O2. The first-order valence-corrected chi connectivity index (χ1v) is 14.3. The Bertz CT molecular complexity index is 1610. The smallest absolute Gasteiger partial charge is 0.258 e. The van der Waals surface area contributed by atoms with Crippen LogP contribution in [-0.4, -0.2) is 84.8 Å². The highest BCUT2D eigenvalue weighted by Crippen LogP contribution is 2.34. The Kier molecular flexibility index (Phi) is 7.53. The molecular weight excluding hydrogens is 523 g/mol. The van der Waals surface area contributed by atoms with Crippen molar-refractivity contribution >= 4 is 39.7 Å². The molecule has 214 valence electrons. The Hall–Kier alpha value is -4.12. The van der Waals surface area contributed by atoms with Crippen LogP contribution in [0.4, 0.5) is 10.3 Å². The first-order chi connectivity index (χ1) is 19.9. The molecule has 1 aromatic carbocycles. The predicted octanol–water partition coefficient (Wildman–Crippen LogP) is 4.13. The molecule has 0 bridgehead atoms. The van der Waals surface area contributed by atoms with E-state index in [0.29, 0.717) is 44.1 Å². The number of hydrogen-bond acceptors (Lipinski definition) is 6.